The fraction of sp³-hybridized carbons (Fsp3) is 0.143. The van der Waals surface area contributed by atoms with Crippen molar-refractivity contribution in [3.8, 4) is 0 Å². The minimum atomic E-state index is -3.45. The number of aryl methyl sites for hydroxylation is 1. The molecule has 1 heterocycles. The van der Waals surface area contributed by atoms with Gasteiger partial charge < -0.3 is 5.32 Å². The second kappa shape index (κ2) is 6.54. The average Bonchev–Trinajstić information content (AvgIpc) is 2.90. The molecule has 0 spiro atoms. The zero-order chi connectivity index (χ0) is 16.2. The Kier molecular flexibility index (Phi) is 4.74. The van der Waals surface area contributed by atoms with Gasteiger partial charge in [0.25, 0.3) is 0 Å². The zero-order valence-corrected chi connectivity index (χ0v) is 13.0. The predicted molar refractivity (Wildman–Crippen MR) is 83.6 cm³/mol. The maximum Gasteiger partial charge on any atom is 0.249 e. The van der Waals surface area contributed by atoms with E-state index in [0.29, 0.717) is 11.4 Å². The summed E-state index contributed by atoms with van der Waals surface area (Å²) in [7, 11) is -0.340. The van der Waals surface area contributed by atoms with Crippen molar-refractivity contribution in [2.75, 3.05) is 12.4 Å². The van der Waals surface area contributed by atoms with Crippen LogP contribution in [0.5, 0.6) is 0 Å². The molecule has 2 N–H and O–H groups in total. The molecule has 116 valence electrons. The SMILES string of the molecule is CNS(=O)(=O)c1ccc(/C=C/C(=O)Nc2ccn(C)n2)cc1. The number of nitrogens with zero attached hydrogens (tertiary/aromatic N) is 2. The Morgan fingerprint density at radius 2 is 1.91 bits per heavy atom. The first-order valence-corrected chi connectivity index (χ1v) is 7.91. The van der Waals surface area contributed by atoms with Gasteiger partial charge in [-0.2, -0.15) is 5.10 Å². The third-order valence-electron chi connectivity index (χ3n) is 2.85. The number of hydrogen-bond acceptors (Lipinski definition) is 4. The Balaban J connectivity index is 2.02. The molecule has 7 nitrogen and oxygen atoms in total. The first-order chi connectivity index (χ1) is 10.4. The molecule has 0 aliphatic rings. The number of aromatic nitrogens is 2. The van der Waals surface area contributed by atoms with Crippen LogP contribution in [0.4, 0.5) is 5.82 Å². The zero-order valence-electron chi connectivity index (χ0n) is 12.1. The van der Waals surface area contributed by atoms with Gasteiger partial charge in [-0.15, -0.1) is 0 Å². The highest BCUT2D eigenvalue weighted by molar-refractivity contribution is 7.89. The number of sulfonamides is 1. The van der Waals surface area contributed by atoms with Gasteiger partial charge in [-0.3, -0.25) is 9.48 Å². The van der Waals surface area contributed by atoms with Gasteiger partial charge in [-0.05, 0) is 30.8 Å². The molecule has 0 saturated carbocycles. The van der Waals surface area contributed by atoms with Crippen LogP contribution in [-0.4, -0.2) is 31.2 Å². The number of benzene rings is 1. The number of anilines is 1. The van der Waals surface area contributed by atoms with Crippen LogP contribution in [0.25, 0.3) is 6.08 Å². The van der Waals surface area contributed by atoms with E-state index >= 15 is 0 Å². The number of carbonyl (C=O) groups is 1. The van der Waals surface area contributed by atoms with Crippen molar-refractivity contribution in [1.82, 2.24) is 14.5 Å². The van der Waals surface area contributed by atoms with Gasteiger partial charge in [-0.25, -0.2) is 13.1 Å². The average molecular weight is 320 g/mol. The molecular formula is C14H16N4O3S. The molecule has 0 aliphatic heterocycles. The summed E-state index contributed by atoms with van der Waals surface area (Å²) in [4.78, 5) is 11.9. The molecule has 0 fully saturated rings. The molecule has 1 aromatic heterocycles. The second-order valence-electron chi connectivity index (χ2n) is 4.47. The first-order valence-electron chi connectivity index (χ1n) is 6.43. The van der Waals surface area contributed by atoms with Crippen molar-refractivity contribution in [2.24, 2.45) is 7.05 Å². The second-order valence-corrected chi connectivity index (χ2v) is 6.36. The molecule has 0 saturated heterocycles. The van der Waals surface area contributed by atoms with Gasteiger partial charge in [0.15, 0.2) is 5.82 Å². The molecule has 0 unspecified atom stereocenters. The fourth-order valence-corrected chi connectivity index (χ4v) is 2.43. The summed E-state index contributed by atoms with van der Waals surface area (Å²) < 4.78 is 27.0. The summed E-state index contributed by atoms with van der Waals surface area (Å²) in [5.41, 5.74) is 0.714. The van der Waals surface area contributed by atoms with E-state index in [1.54, 1.807) is 42.2 Å². The van der Waals surface area contributed by atoms with Crippen molar-refractivity contribution >= 4 is 27.8 Å². The van der Waals surface area contributed by atoms with Crippen molar-refractivity contribution in [1.29, 1.82) is 0 Å². The van der Waals surface area contributed by atoms with Crippen LogP contribution < -0.4 is 10.0 Å². The molecule has 0 aliphatic carbocycles. The lowest BCUT2D eigenvalue weighted by atomic mass is 10.2. The quantitative estimate of drug-likeness (QED) is 0.803. The summed E-state index contributed by atoms with van der Waals surface area (Å²) in [6, 6.07) is 7.87. The third-order valence-corrected chi connectivity index (χ3v) is 4.28. The highest BCUT2D eigenvalue weighted by Crippen LogP contribution is 2.11. The minimum Gasteiger partial charge on any atom is -0.306 e. The molecular weight excluding hydrogens is 304 g/mol. The highest BCUT2D eigenvalue weighted by Gasteiger charge is 2.09. The standard InChI is InChI=1S/C14H16N4O3S/c1-15-22(20,21)12-6-3-11(4-7-12)5-8-14(19)16-13-9-10-18(2)17-13/h3-10,15H,1-2H3,(H,16,17,19)/b8-5+. The highest BCUT2D eigenvalue weighted by atomic mass is 32.2. The predicted octanol–water partition coefficient (Wildman–Crippen LogP) is 0.980. The van der Waals surface area contributed by atoms with Crippen LogP contribution in [-0.2, 0) is 21.9 Å². The summed E-state index contributed by atoms with van der Waals surface area (Å²) in [6.45, 7) is 0. The number of hydrogen-bond donors (Lipinski definition) is 2. The van der Waals surface area contributed by atoms with Crippen molar-refractivity contribution in [3.05, 3.63) is 48.2 Å². The number of rotatable bonds is 5. The van der Waals surface area contributed by atoms with Gasteiger partial charge in [0.2, 0.25) is 15.9 Å². The lowest BCUT2D eigenvalue weighted by molar-refractivity contribution is -0.111. The van der Waals surface area contributed by atoms with E-state index < -0.39 is 10.0 Å². The Hall–Kier alpha value is -2.45. The summed E-state index contributed by atoms with van der Waals surface area (Å²) in [5.74, 6) is 0.151. The van der Waals surface area contributed by atoms with Crippen LogP contribution >= 0.6 is 0 Å². The molecule has 2 aromatic rings. The van der Waals surface area contributed by atoms with E-state index in [-0.39, 0.29) is 10.8 Å². The van der Waals surface area contributed by atoms with Crippen LogP contribution in [0, 0.1) is 0 Å². The van der Waals surface area contributed by atoms with Crippen molar-refractivity contribution < 1.29 is 13.2 Å². The smallest absolute Gasteiger partial charge is 0.249 e. The van der Waals surface area contributed by atoms with Gasteiger partial charge in [0, 0.05) is 25.4 Å². The Morgan fingerprint density at radius 1 is 1.23 bits per heavy atom. The Morgan fingerprint density at radius 3 is 2.45 bits per heavy atom. The molecule has 0 radical (unpaired) electrons. The van der Waals surface area contributed by atoms with Crippen LogP contribution in [0.3, 0.4) is 0 Å². The maximum absolute atomic E-state index is 11.7. The number of carbonyl (C=O) groups excluding carboxylic acids is 1. The molecule has 0 atom stereocenters. The number of nitrogens with one attached hydrogen (secondary N) is 2. The van der Waals surface area contributed by atoms with Gasteiger partial charge in [-0.1, -0.05) is 12.1 Å². The summed E-state index contributed by atoms with van der Waals surface area (Å²) in [5, 5.41) is 6.65. The lowest BCUT2D eigenvalue weighted by Gasteiger charge is -2.02. The van der Waals surface area contributed by atoms with E-state index in [0.717, 1.165) is 0 Å². The lowest BCUT2D eigenvalue weighted by Crippen LogP contribution is -2.18. The molecule has 0 bridgehead atoms. The summed E-state index contributed by atoms with van der Waals surface area (Å²) >= 11 is 0. The molecule has 1 aromatic carbocycles. The normalized spacial score (nSPS) is 11.7. The van der Waals surface area contributed by atoms with E-state index in [1.165, 1.54) is 25.3 Å². The maximum atomic E-state index is 11.7. The first kappa shape index (κ1) is 15.9. The van der Waals surface area contributed by atoms with Crippen LogP contribution in [0.15, 0.2) is 47.5 Å². The molecule has 1 amide bonds. The molecule has 8 heteroatoms. The van der Waals surface area contributed by atoms with Gasteiger partial charge >= 0.3 is 0 Å². The van der Waals surface area contributed by atoms with Crippen molar-refractivity contribution in [3.63, 3.8) is 0 Å². The Bertz CT molecular complexity index is 792. The van der Waals surface area contributed by atoms with E-state index in [9.17, 15) is 13.2 Å². The molecule has 22 heavy (non-hydrogen) atoms. The third kappa shape index (κ3) is 4.03. The molecule has 2 rings (SSSR count). The fourth-order valence-electron chi connectivity index (χ4n) is 1.70. The van der Waals surface area contributed by atoms with E-state index in [2.05, 4.69) is 15.1 Å². The topological polar surface area (TPSA) is 93.1 Å². The monoisotopic (exact) mass is 320 g/mol. The largest absolute Gasteiger partial charge is 0.306 e. The van der Waals surface area contributed by atoms with E-state index in [1.807, 2.05) is 0 Å². The van der Waals surface area contributed by atoms with Gasteiger partial charge in [0.05, 0.1) is 4.90 Å². The van der Waals surface area contributed by atoms with Gasteiger partial charge in [0.1, 0.15) is 0 Å². The number of amides is 1. The Labute approximate surface area is 128 Å². The summed E-state index contributed by atoms with van der Waals surface area (Å²) in [6.07, 6.45) is 4.67. The van der Waals surface area contributed by atoms with E-state index in [4.69, 9.17) is 0 Å². The van der Waals surface area contributed by atoms with Crippen LogP contribution in [0.2, 0.25) is 0 Å². The van der Waals surface area contributed by atoms with Crippen LogP contribution in [0.1, 0.15) is 5.56 Å². The van der Waals surface area contributed by atoms with Crippen molar-refractivity contribution in [2.45, 2.75) is 4.90 Å². The minimum absolute atomic E-state index is 0.171.